The van der Waals surface area contributed by atoms with Gasteiger partial charge in [-0.2, -0.15) is 0 Å². The molecule has 2 aliphatic rings. The summed E-state index contributed by atoms with van der Waals surface area (Å²) >= 11 is 0. The summed E-state index contributed by atoms with van der Waals surface area (Å²) in [5.41, 5.74) is 6.69. The highest BCUT2D eigenvalue weighted by Crippen LogP contribution is 2.34. The highest BCUT2D eigenvalue weighted by molar-refractivity contribution is 7.86. The lowest BCUT2D eigenvalue weighted by molar-refractivity contribution is -0.151. The van der Waals surface area contributed by atoms with Gasteiger partial charge in [-0.15, -0.1) is 0 Å². The number of carboxylic acid groups (broad SMARTS) is 1. The summed E-state index contributed by atoms with van der Waals surface area (Å²) in [5, 5.41) is 10.9. The molecular formula is C16H17N3O5S. The van der Waals surface area contributed by atoms with Crippen molar-refractivity contribution in [1.82, 2.24) is 10.2 Å². The normalized spacial score (nSPS) is 26.6. The van der Waals surface area contributed by atoms with Gasteiger partial charge >= 0.3 is 5.97 Å². The fraction of sp³-hybridized carbons (Fsp3) is 0.312. The number of carbonyl (C=O) groups excluding carboxylic acids is 2. The lowest BCUT2D eigenvalue weighted by Crippen LogP contribution is -2.73. The minimum Gasteiger partial charge on any atom is -0.477 e. The summed E-state index contributed by atoms with van der Waals surface area (Å²) in [4.78, 5) is 37.0. The number of fused-ring (bicyclic) bond motifs is 1. The molecule has 1 saturated heterocycles. The van der Waals surface area contributed by atoms with Crippen molar-refractivity contribution < 1.29 is 23.7 Å². The van der Waals surface area contributed by atoms with Gasteiger partial charge in [-0.3, -0.25) is 18.7 Å². The lowest BCUT2D eigenvalue weighted by atomic mass is 10.0. The molecule has 8 nitrogen and oxygen atoms in total. The highest BCUT2D eigenvalue weighted by Gasteiger charge is 2.56. The van der Waals surface area contributed by atoms with E-state index in [0.29, 0.717) is 11.1 Å². The van der Waals surface area contributed by atoms with Crippen LogP contribution in [0.1, 0.15) is 18.5 Å². The van der Waals surface area contributed by atoms with Crippen LogP contribution in [0.3, 0.4) is 0 Å². The zero-order valence-corrected chi connectivity index (χ0v) is 14.2. The Morgan fingerprint density at radius 1 is 1.36 bits per heavy atom. The first-order chi connectivity index (χ1) is 11.8. The second-order valence-electron chi connectivity index (χ2n) is 5.93. The Morgan fingerprint density at radius 2 is 2.00 bits per heavy atom. The predicted molar refractivity (Wildman–Crippen MR) is 89.3 cm³/mol. The van der Waals surface area contributed by atoms with Crippen LogP contribution >= 0.6 is 0 Å². The van der Waals surface area contributed by atoms with Crippen molar-refractivity contribution in [2.24, 2.45) is 5.73 Å². The van der Waals surface area contributed by atoms with Gasteiger partial charge in [0, 0.05) is 5.75 Å². The van der Waals surface area contributed by atoms with Gasteiger partial charge < -0.3 is 16.2 Å². The number of nitrogens with one attached hydrogen (secondary N) is 1. The first-order valence-electron chi connectivity index (χ1n) is 7.57. The van der Waals surface area contributed by atoms with Gasteiger partial charge in [0.05, 0.1) is 10.8 Å². The van der Waals surface area contributed by atoms with Crippen molar-refractivity contribution in [2.75, 3.05) is 5.75 Å². The maximum Gasteiger partial charge on any atom is 0.352 e. The average molecular weight is 363 g/mol. The van der Waals surface area contributed by atoms with Crippen LogP contribution in [-0.2, 0) is 25.2 Å². The standard InChI is InChI=1S/C16H17N3O5S/c1-8-7-25(24)15-11(14(21)19(15)12(8)16(22)23)18-13(20)10(17)9-5-3-2-4-6-9/h2-6,10-11,15H,7,17H2,1H3,(H,18,20)(H,22,23)/t10-,11-,15+,25-/m1/s1. The van der Waals surface area contributed by atoms with Crippen LogP contribution in [-0.4, -0.2) is 49.2 Å². The van der Waals surface area contributed by atoms with Crippen LogP contribution in [0.4, 0.5) is 0 Å². The number of benzene rings is 1. The Kier molecular flexibility index (Phi) is 4.44. The number of carboxylic acids is 1. The molecule has 4 atom stereocenters. The zero-order valence-electron chi connectivity index (χ0n) is 13.3. The Labute approximate surface area is 146 Å². The molecule has 0 aliphatic carbocycles. The summed E-state index contributed by atoms with van der Waals surface area (Å²) in [5.74, 6) is -2.38. The number of aliphatic carboxylic acids is 1. The van der Waals surface area contributed by atoms with Crippen LogP contribution in [0.25, 0.3) is 0 Å². The van der Waals surface area contributed by atoms with E-state index in [1.54, 1.807) is 30.3 Å². The topological polar surface area (TPSA) is 130 Å². The first kappa shape index (κ1) is 17.3. The largest absolute Gasteiger partial charge is 0.477 e. The van der Waals surface area contributed by atoms with Gasteiger partial charge in [0.15, 0.2) is 0 Å². The molecule has 1 aromatic carbocycles. The summed E-state index contributed by atoms with van der Waals surface area (Å²) in [6.45, 7) is 1.53. The summed E-state index contributed by atoms with van der Waals surface area (Å²) in [7, 11) is -1.49. The Morgan fingerprint density at radius 3 is 2.60 bits per heavy atom. The quantitative estimate of drug-likeness (QED) is 0.616. The molecule has 0 unspecified atom stereocenters. The van der Waals surface area contributed by atoms with Crippen LogP contribution in [0, 0.1) is 0 Å². The molecule has 1 fully saturated rings. The van der Waals surface area contributed by atoms with Crippen LogP contribution in [0.5, 0.6) is 0 Å². The third-order valence-corrected chi connectivity index (χ3v) is 6.00. The molecule has 1 aromatic rings. The Balaban J connectivity index is 1.78. The molecule has 0 radical (unpaired) electrons. The lowest BCUT2D eigenvalue weighted by Gasteiger charge is -2.49. The fourth-order valence-corrected chi connectivity index (χ4v) is 4.68. The number of β-lactam (4-membered cyclic amide) rings is 1. The van der Waals surface area contributed by atoms with Crippen molar-refractivity contribution in [1.29, 1.82) is 0 Å². The van der Waals surface area contributed by atoms with E-state index >= 15 is 0 Å². The van der Waals surface area contributed by atoms with Crippen LogP contribution in [0.2, 0.25) is 0 Å². The number of hydrogen-bond acceptors (Lipinski definition) is 5. The smallest absolute Gasteiger partial charge is 0.352 e. The molecule has 0 aromatic heterocycles. The van der Waals surface area contributed by atoms with E-state index in [9.17, 15) is 23.7 Å². The van der Waals surface area contributed by atoms with E-state index in [0.717, 1.165) is 4.90 Å². The number of nitrogens with two attached hydrogens (primary N) is 1. The third-order valence-electron chi connectivity index (χ3n) is 4.26. The van der Waals surface area contributed by atoms with E-state index in [1.165, 1.54) is 6.92 Å². The molecule has 2 aliphatic heterocycles. The number of carbonyl (C=O) groups is 3. The van der Waals surface area contributed by atoms with E-state index < -0.39 is 46.0 Å². The average Bonchev–Trinajstić information content (AvgIpc) is 2.58. The minimum absolute atomic E-state index is 0.0488. The second kappa shape index (κ2) is 6.41. The highest BCUT2D eigenvalue weighted by atomic mass is 32.2. The molecule has 25 heavy (non-hydrogen) atoms. The van der Waals surface area contributed by atoms with Crippen molar-refractivity contribution in [3.63, 3.8) is 0 Å². The molecule has 0 bridgehead atoms. The van der Waals surface area contributed by atoms with E-state index in [2.05, 4.69) is 5.32 Å². The van der Waals surface area contributed by atoms with Crippen LogP contribution < -0.4 is 11.1 Å². The number of nitrogens with zero attached hydrogens (tertiary/aromatic N) is 1. The molecule has 4 N–H and O–H groups in total. The second-order valence-corrected chi connectivity index (χ2v) is 7.47. The molecule has 132 valence electrons. The minimum atomic E-state index is -1.49. The number of amides is 2. The van der Waals surface area contributed by atoms with Crippen molar-refractivity contribution >= 4 is 28.6 Å². The van der Waals surface area contributed by atoms with E-state index in [-0.39, 0.29) is 11.4 Å². The first-order valence-corrected chi connectivity index (χ1v) is 8.95. The van der Waals surface area contributed by atoms with E-state index in [4.69, 9.17) is 5.73 Å². The van der Waals surface area contributed by atoms with Crippen molar-refractivity contribution in [2.45, 2.75) is 24.4 Å². The predicted octanol–water partition coefficient (Wildman–Crippen LogP) is -0.540. The van der Waals surface area contributed by atoms with Gasteiger partial charge in [0.1, 0.15) is 23.2 Å². The van der Waals surface area contributed by atoms with Crippen molar-refractivity contribution in [3.05, 3.63) is 47.2 Å². The van der Waals surface area contributed by atoms with Crippen molar-refractivity contribution in [3.8, 4) is 0 Å². The molecule has 2 amide bonds. The maximum absolute atomic E-state index is 12.3. The van der Waals surface area contributed by atoms with Crippen LogP contribution in [0.15, 0.2) is 41.6 Å². The molecule has 0 saturated carbocycles. The number of hydrogen-bond donors (Lipinski definition) is 3. The SMILES string of the molecule is CC1=C(C(=O)O)N2C(=O)[C@@H](NC(=O)[C@H](N)c3ccccc3)[C@@H]2[S@](=O)C1. The zero-order chi connectivity index (χ0) is 18.3. The van der Waals surface area contributed by atoms with Gasteiger partial charge in [-0.05, 0) is 18.1 Å². The molecular weight excluding hydrogens is 346 g/mol. The summed E-state index contributed by atoms with van der Waals surface area (Å²) in [6, 6.07) is 6.62. The molecule has 2 heterocycles. The summed E-state index contributed by atoms with van der Waals surface area (Å²) in [6.07, 6.45) is 0. The molecule has 0 spiro atoms. The maximum atomic E-state index is 12.3. The van der Waals surface area contributed by atoms with Gasteiger partial charge in [-0.1, -0.05) is 30.3 Å². The van der Waals surface area contributed by atoms with Gasteiger partial charge in [-0.25, -0.2) is 4.79 Å². The Bertz CT molecular complexity index is 807. The molecule has 3 rings (SSSR count). The van der Waals surface area contributed by atoms with E-state index in [1.807, 2.05) is 0 Å². The monoisotopic (exact) mass is 363 g/mol. The fourth-order valence-electron chi connectivity index (χ4n) is 3.02. The van der Waals surface area contributed by atoms with Gasteiger partial charge in [0.25, 0.3) is 5.91 Å². The number of rotatable bonds is 4. The molecule has 9 heteroatoms. The third kappa shape index (κ3) is 2.85. The summed E-state index contributed by atoms with van der Waals surface area (Å²) < 4.78 is 12.3. The van der Waals surface area contributed by atoms with Gasteiger partial charge in [0.2, 0.25) is 5.91 Å². The Hall–Kier alpha value is -2.52.